The molecule has 1 nitrogen and oxygen atoms in total. The summed E-state index contributed by atoms with van der Waals surface area (Å²) in [6, 6.07) is 20.1. The average Bonchev–Trinajstić information content (AvgIpc) is 3.02. The summed E-state index contributed by atoms with van der Waals surface area (Å²) >= 11 is 0. The van der Waals surface area contributed by atoms with Gasteiger partial charge in [-0.15, -0.1) is 0 Å². The van der Waals surface area contributed by atoms with Crippen LogP contribution in [0.1, 0.15) is 16.7 Å². The highest BCUT2D eigenvalue weighted by molar-refractivity contribution is 6.09. The van der Waals surface area contributed by atoms with Crippen LogP contribution in [-0.2, 0) is 6.42 Å². The van der Waals surface area contributed by atoms with Crippen molar-refractivity contribution in [2.75, 3.05) is 0 Å². The molecule has 0 saturated carbocycles. The molecule has 5 rings (SSSR count). The summed E-state index contributed by atoms with van der Waals surface area (Å²) in [6.45, 7) is 2.17. The van der Waals surface area contributed by atoms with Crippen LogP contribution in [0.15, 0.2) is 54.6 Å². The molecule has 1 aromatic heterocycles. The molecule has 100 valence electrons. The Morgan fingerprint density at radius 3 is 2.57 bits per heavy atom. The van der Waals surface area contributed by atoms with E-state index in [1.807, 2.05) is 0 Å². The number of hydrogen-bond donors (Lipinski definition) is 1. The van der Waals surface area contributed by atoms with Gasteiger partial charge in [-0.05, 0) is 53.8 Å². The van der Waals surface area contributed by atoms with Crippen molar-refractivity contribution >= 4 is 21.8 Å². The Hall–Kier alpha value is -2.54. The van der Waals surface area contributed by atoms with E-state index in [0.717, 1.165) is 6.42 Å². The van der Waals surface area contributed by atoms with Crippen LogP contribution in [0.25, 0.3) is 32.9 Å². The molecule has 1 aliphatic carbocycles. The minimum absolute atomic E-state index is 1.06. The van der Waals surface area contributed by atoms with Crippen molar-refractivity contribution in [1.82, 2.24) is 4.98 Å². The van der Waals surface area contributed by atoms with E-state index in [4.69, 9.17) is 0 Å². The molecular weight excluding hydrogens is 254 g/mol. The van der Waals surface area contributed by atoms with E-state index in [9.17, 15) is 0 Å². The molecule has 0 atom stereocenters. The summed E-state index contributed by atoms with van der Waals surface area (Å²) in [7, 11) is 0. The van der Waals surface area contributed by atoms with E-state index in [1.165, 1.54) is 49.6 Å². The van der Waals surface area contributed by atoms with E-state index in [-0.39, 0.29) is 0 Å². The lowest BCUT2D eigenvalue weighted by atomic mass is 10.0. The lowest BCUT2D eigenvalue weighted by Crippen LogP contribution is -1.80. The molecule has 1 heterocycles. The van der Waals surface area contributed by atoms with Gasteiger partial charge in [-0.3, -0.25) is 0 Å². The molecule has 0 radical (unpaired) electrons. The van der Waals surface area contributed by atoms with Crippen LogP contribution in [0.3, 0.4) is 0 Å². The number of aryl methyl sites for hydroxylation is 1. The van der Waals surface area contributed by atoms with Gasteiger partial charge in [0.05, 0.1) is 0 Å². The Morgan fingerprint density at radius 2 is 1.62 bits per heavy atom. The SMILES string of the molecule is Cc1ccc2c(c1)-c1cc3[nH]c4ccccc4c3cc1C2. The molecule has 0 fully saturated rings. The van der Waals surface area contributed by atoms with Gasteiger partial charge in [0, 0.05) is 21.8 Å². The number of rotatable bonds is 0. The highest BCUT2D eigenvalue weighted by Crippen LogP contribution is 2.40. The summed E-state index contributed by atoms with van der Waals surface area (Å²) in [5.41, 5.74) is 9.50. The fourth-order valence-corrected chi connectivity index (χ4v) is 3.64. The number of para-hydroxylation sites is 1. The van der Waals surface area contributed by atoms with Crippen molar-refractivity contribution in [3.05, 3.63) is 71.3 Å². The van der Waals surface area contributed by atoms with E-state index in [0.29, 0.717) is 0 Å². The van der Waals surface area contributed by atoms with Crippen LogP contribution in [0.5, 0.6) is 0 Å². The standard InChI is InChI=1S/C20H15N/c1-12-6-7-13-9-14-10-18-15-4-2-3-5-19(15)21-20(18)11-17(14)16(13)8-12/h2-8,10-11,21H,9H2,1H3. The van der Waals surface area contributed by atoms with Crippen LogP contribution in [0.4, 0.5) is 0 Å². The van der Waals surface area contributed by atoms with E-state index in [2.05, 4.69) is 66.5 Å². The number of aromatic amines is 1. The summed E-state index contributed by atoms with van der Waals surface area (Å²) < 4.78 is 0. The molecule has 1 N–H and O–H groups in total. The minimum atomic E-state index is 1.06. The first-order valence-corrected chi connectivity index (χ1v) is 7.43. The van der Waals surface area contributed by atoms with Crippen molar-refractivity contribution in [3.8, 4) is 11.1 Å². The van der Waals surface area contributed by atoms with Gasteiger partial charge in [0.2, 0.25) is 0 Å². The van der Waals surface area contributed by atoms with Gasteiger partial charge in [-0.2, -0.15) is 0 Å². The quantitative estimate of drug-likeness (QED) is 0.397. The molecule has 0 spiro atoms. The summed E-state index contributed by atoms with van der Waals surface area (Å²) in [5.74, 6) is 0. The lowest BCUT2D eigenvalue weighted by Gasteiger charge is -2.03. The molecule has 1 aliphatic rings. The van der Waals surface area contributed by atoms with Gasteiger partial charge in [0.25, 0.3) is 0 Å². The zero-order valence-electron chi connectivity index (χ0n) is 11.9. The molecule has 21 heavy (non-hydrogen) atoms. The van der Waals surface area contributed by atoms with Crippen molar-refractivity contribution in [3.63, 3.8) is 0 Å². The van der Waals surface area contributed by atoms with Crippen molar-refractivity contribution in [2.45, 2.75) is 13.3 Å². The van der Waals surface area contributed by atoms with Gasteiger partial charge in [-0.25, -0.2) is 0 Å². The summed E-state index contributed by atoms with van der Waals surface area (Å²) in [6.07, 6.45) is 1.06. The smallest absolute Gasteiger partial charge is 0.0471 e. The number of aromatic nitrogens is 1. The number of benzene rings is 3. The average molecular weight is 269 g/mol. The van der Waals surface area contributed by atoms with Gasteiger partial charge in [0.15, 0.2) is 0 Å². The minimum Gasteiger partial charge on any atom is -0.354 e. The van der Waals surface area contributed by atoms with E-state index in [1.54, 1.807) is 0 Å². The monoisotopic (exact) mass is 269 g/mol. The Morgan fingerprint density at radius 1 is 0.762 bits per heavy atom. The molecule has 0 aliphatic heterocycles. The van der Waals surface area contributed by atoms with Crippen LogP contribution in [0, 0.1) is 6.92 Å². The van der Waals surface area contributed by atoms with Gasteiger partial charge < -0.3 is 4.98 Å². The number of fused-ring (bicyclic) bond motifs is 6. The molecule has 0 bridgehead atoms. The fourth-order valence-electron chi connectivity index (χ4n) is 3.64. The Kier molecular flexibility index (Phi) is 2.00. The zero-order valence-corrected chi connectivity index (χ0v) is 11.9. The predicted octanol–water partition coefficient (Wildman–Crippen LogP) is 5.20. The summed E-state index contributed by atoms with van der Waals surface area (Å²) in [4.78, 5) is 3.55. The number of nitrogens with one attached hydrogen (secondary N) is 1. The van der Waals surface area contributed by atoms with Gasteiger partial charge in [0.1, 0.15) is 0 Å². The first kappa shape index (κ1) is 11.2. The molecule has 1 heteroatoms. The molecule has 0 amide bonds. The van der Waals surface area contributed by atoms with Crippen molar-refractivity contribution in [1.29, 1.82) is 0 Å². The van der Waals surface area contributed by atoms with Crippen LogP contribution >= 0.6 is 0 Å². The second-order valence-corrected chi connectivity index (χ2v) is 6.06. The maximum Gasteiger partial charge on any atom is 0.0471 e. The van der Waals surface area contributed by atoms with Gasteiger partial charge >= 0.3 is 0 Å². The maximum atomic E-state index is 3.55. The number of H-pyrrole nitrogens is 1. The van der Waals surface area contributed by atoms with Crippen LogP contribution < -0.4 is 0 Å². The second-order valence-electron chi connectivity index (χ2n) is 6.06. The topological polar surface area (TPSA) is 15.8 Å². The van der Waals surface area contributed by atoms with Gasteiger partial charge in [-0.1, -0.05) is 42.0 Å². The lowest BCUT2D eigenvalue weighted by molar-refractivity contribution is 1.26. The highest BCUT2D eigenvalue weighted by atomic mass is 14.7. The van der Waals surface area contributed by atoms with Crippen LogP contribution in [-0.4, -0.2) is 4.98 Å². The normalized spacial score (nSPS) is 12.8. The largest absolute Gasteiger partial charge is 0.354 e. The summed E-state index contributed by atoms with van der Waals surface area (Å²) in [5, 5.41) is 2.66. The molecule has 4 aromatic rings. The Balaban J connectivity index is 1.87. The highest BCUT2D eigenvalue weighted by Gasteiger charge is 2.20. The number of hydrogen-bond acceptors (Lipinski definition) is 0. The Bertz CT molecular complexity index is 1020. The maximum absolute atomic E-state index is 3.55. The second kappa shape index (κ2) is 3.76. The molecular formula is C20H15N. The van der Waals surface area contributed by atoms with E-state index < -0.39 is 0 Å². The molecule has 3 aromatic carbocycles. The first-order valence-electron chi connectivity index (χ1n) is 7.43. The molecule has 0 saturated heterocycles. The van der Waals surface area contributed by atoms with E-state index >= 15 is 0 Å². The third kappa shape index (κ3) is 1.46. The predicted molar refractivity (Wildman–Crippen MR) is 88.8 cm³/mol. The fraction of sp³-hybridized carbons (Fsp3) is 0.100. The first-order chi connectivity index (χ1) is 10.3. The van der Waals surface area contributed by atoms with Crippen molar-refractivity contribution in [2.24, 2.45) is 0 Å². The van der Waals surface area contributed by atoms with Crippen LogP contribution in [0.2, 0.25) is 0 Å². The Labute approximate surface area is 123 Å². The van der Waals surface area contributed by atoms with Crippen molar-refractivity contribution < 1.29 is 0 Å². The molecule has 0 unspecified atom stereocenters. The third-order valence-corrected chi connectivity index (χ3v) is 4.67. The zero-order chi connectivity index (χ0) is 14.0. The third-order valence-electron chi connectivity index (χ3n) is 4.67.